The van der Waals surface area contributed by atoms with Crippen molar-refractivity contribution in [2.75, 3.05) is 6.54 Å². The van der Waals surface area contributed by atoms with Gasteiger partial charge in [-0.25, -0.2) is 5.48 Å². The number of benzene rings is 1. The zero-order valence-corrected chi connectivity index (χ0v) is 16.7. The Hall–Kier alpha value is -2.19. The van der Waals surface area contributed by atoms with Crippen LogP contribution in [0.5, 0.6) is 0 Å². The highest BCUT2D eigenvalue weighted by molar-refractivity contribution is 7.21. The lowest BCUT2D eigenvalue weighted by Crippen LogP contribution is -2.34. The first-order valence-corrected chi connectivity index (χ1v) is 10.2. The molecule has 2 aromatic heterocycles. The number of hydrogen-bond donors (Lipinski definition) is 2. The van der Waals surface area contributed by atoms with Crippen molar-refractivity contribution < 1.29 is 14.8 Å². The summed E-state index contributed by atoms with van der Waals surface area (Å²) in [5, 5.41) is 10.2. The van der Waals surface area contributed by atoms with Crippen molar-refractivity contribution in [1.29, 1.82) is 0 Å². The quantitative estimate of drug-likeness (QED) is 0.464. The van der Waals surface area contributed by atoms with Gasteiger partial charge >= 0.3 is 0 Å². The minimum absolute atomic E-state index is 0.120. The number of nitrogens with zero attached hydrogens (tertiary/aromatic N) is 1. The predicted octanol–water partition coefficient (Wildman–Crippen LogP) is 4.79. The topological polar surface area (TPSA) is 69.6 Å². The van der Waals surface area contributed by atoms with Gasteiger partial charge in [0, 0.05) is 28.1 Å². The van der Waals surface area contributed by atoms with Gasteiger partial charge in [0.1, 0.15) is 4.88 Å². The summed E-state index contributed by atoms with van der Waals surface area (Å²) < 4.78 is 0.979. The lowest BCUT2D eigenvalue weighted by Gasteiger charge is -2.28. The second-order valence-electron chi connectivity index (χ2n) is 6.12. The van der Waals surface area contributed by atoms with E-state index in [1.807, 2.05) is 37.3 Å². The fraction of sp³-hybridized carbons (Fsp3) is 0.158. The van der Waals surface area contributed by atoms with Gasteiger partial charge in [-0.1, -0.05) is 35.9 Å². The standard InChI is InChI=1S/C19H15ClN2O3S2/c1-2-10-8-22(9-11-7-14(18(23)21-25)27-16(10)11)19(24)17-15(20)12-5-3-4-6-13(12)26-17/h2-7,25H,8-9H2,1H3,(H,21,23)/b10-2-. The zero-order chi connectivity index (χ0) is 19.1. The molecule has 1 aliphatic rings. The number of fused-ring (bicyclic) bond motifs is 2. The second-order valence-corrected chi connectivity index (χ2v) is 8.60. The molecule has 5 nitrogen and oxygen atoms in total. The minimum Gasteiger partial charge on any atom is -0.329 e. The molecule has 3 aromatic rings. The summed E-state index contributed by atoms with van der Waals surface area (Å²) in [6.07, 6.45) is 1.95. The number of thiophene rings is 2. The summed E-state index contributed by atoms with van der Waals surface area (Å²) >= 11 is 9.18. The van der Waals surface area contributed by atoms with Crippen LogP contribution < -0.4 is 5.48 Å². The van der Waals surface area contributed by atoms with E-state index in [4.69, 9.17) is 16.8 Å². The Balaban J connectivity index is 1.70. The van der Waals surface area contributed by atoms with Gasteiger partial charge in [-0.3, -0.25) is 14.8 Å². The molecule has 2 amide bonds. The molecule has 0 saturated heterocycles. The molecule has 3 heterocycles. The first-order valence-electron chi connectivity index (χ1n) is 8.22. The molecular weight excluding hydrogens is 404 g/mol. The zero-order valence-electron chi connectivity index (χ0n) is 14.3. The number of halogens is 1. The van der Waals surface area contributed by atoms with Crippen LogP contribution in [-0.4, -0.2) is 28.5 Å². The summed E-state index contributed by atoms with van der Waals surface area (Å²) in [4.78, 5) is 28.6. The van der Waals surface area contributed by atoms with Gasteiger partial charge in [-0.15, -0.1) is 22.7 Å². The van der Waals surface area contributed by atoms with E-state index in [0.29, 0.717) is 27.9 Å². The third-order valence-corrected chi connectivity index (χ3v) is 7.43. The highest BCUT2D eigenvalue weighted by Gasteiger charge is 2.30. The molecule has 0 fully saturated rings. The average molecular weight is 419 g/mol. The highest BCUT2D eigenvalue weighted by atomic mass is 35.5. The van der Waals surface area contributed by atoms with E-state index in [1.165, 1.54) is 22.7 Å². The van der Waals surface area contributed by atoms with Crippen LogP contribution in [0.25, 0.3) is 15.7 Å². The molecule has 27 heavy (non-hydrogen) atoms. The third-order valence-electron chi connectivity index (χ3n) is 4.51. The van der Waals surface area contributed by atoms with Gasteiger partial charge < -0.3 is 4.90 Å². The second kappa shape index (κ2) is 7.09. The Labute approximate surface area is 168 Å². The Morgan fingerprint density at radius 1 is 1.26 bits per heavy atom. The highest BCUT2D eigenvalue weighted by Crippen LogP contribution is 2.39. The van der Waals surface area contributed by atoms with Crippen LogP contribution in [0.15, 0.2) is 36.4 Å². The van der Waals surface area contributed by atoms with Gasteiger partial charge in [-0.2, -0.15) is 0 Å². The molecule has 138 valence electrons. The molecule has 0 saturated carbocycles. The molecule has 1 aliphatic heterocycles. The number of rotatable bonds is 2. The molecule has 0 aliphatic carbocycles. The van der Waals surface area contributed by atoms with Gasteiger partial charge in [0.05, 0.1) is 9.90 Å². The van der Waals surface area contributed by atoms with E-state index in [1.54, 1.807) is 16.4 Å². The van der Waals surface area contributed by atoms with Gasteiger partial charge in [0.15, 0.2) is 0 Å². The molecule has 8 heteroatoms. The van der Waals surface area contributed by atoms with Crippen molar-refractivity contribution in [1.82, 2.24) is 10.4 Å². The van der Waals surface area contributed by atoms with E-state index in [2.05, 4.69) is 0 Å². The van der Waals surface area contributed by atoms with Gasteiger partial charge in [0.25, 0.3) is 11.8 Å². The van der Waals surface area contributed by atoms with E-state index in [9.17, 15) is 9.59 Å². The molecule has 0 spiro atoms. The van der Waals surface area contributed by atoms with Crippen LogP contribution in [-0.2, 0) is 6.54 Å². The van der Waals surface area contributed by atoms with Crippen molar-refractivity contribution in [2.24, 2.45) is 0 Å². The number of nitrogens with one attached hydrogen (secondary N) is 1. The van der Waals surface area contributed by atoms with Crippen LogP contribution >= 0.6 is 34.3 Å². The number of allylic oxidation sites excluding steroid dienone is 1. The van der Waals surface area contributed by atoms with E-state index in [-0.39, 0.29) is 5.91 Å². The Kier molecular flexibility index (Phi) is 4.77. The smallest absolute Gasteiger partial charge is 0.284 e. The van der Waals surface area contributed by atoms with Crippen LogP contribution in [0, 0.1) is 0 Å². The van der Waals surface area contributed by atoms with Crippen molar-refractivity contribution in [3.05, 3.63) is 61.6 Å². The fourth-order valence-electron chi connectivity index (χ4n) is 3.19. The Morgan fingerprint density at radius 2 is 2.04 bits per heavy atom. The summed E-state index contributed by atoms with van der Waals surface area (Å²) in [6, 6.07) is 9.41. The molecule has 1 aromatic carbocycles. The Morgan fingerprint density at radius 3 is 2.74 bits per heavy atom. The Bertz CT molecular complexity index is 1100. The largest absolute Gasteiger partial charge is 0.329 e. The van der Waals surface area contributed by atoms with E-state index in [0.717, 1.165) is 26.1 Å². The van der Waals surface area contributed by atoms with Crippen molar-refractivity contribution in [3.8, 4) is 0 Å². The summed E-state index contributed by atoms with van der Waals surface area (Å²) in [5.41, 5.74) is 3.53. The monoisotopic (exact) mass is 418 g/mol. The number of hydrogen-bond acceptors (Lipinski definition) is 5. The molecule has 4 rings (SSSR count). The lowest BCUT2D eigenvalue weighted by atomic mass is 10.0. The van der Waals surface area contributed by atoms with E-state index >= 15 is 0 Å². The van der Waals surface area contributed by atoms with Crippen LogP contribution in [0.4, 0.5) is 0 Å². The number of carbonyl (C=O) groups excluding carboxylic acids is 2. The van der Waals surface area contributed by atoms with E-state index < -0.39 is 5.91 Å². The number of hydroxylamine groups is 1. The van der Waals surface area contributed by atoms with Gasteiger partial charge in [0.2, 0.25) is 0 Å². The third kappa shape index (κ3) is 3.06. The molecular formula is C19H15ClN2O3S2. The SMILES string of the molecule is C/C=C1/CN(C(=O)c2sc3ccccc3c2Cl)Cc2cc(C(=O)NO)sc21. The van der Waals surface area contributed by atoms with Crippen molar-refractivity contribution in [3.63, 3.8) is 0 Å². The maximum absolute atomic E-state index is 13.2. The number of amides is 2. The molecule has 0 radical (unpaired) electrons. The molecule has 0 unspecified atom stereocenters. The first kappa shape index (κ1) is 18.2. The van der Waals surface area contributed by atoms with Crippen molar-refractivity contribution >= 4 is 61.7 Å². The molecule has 0 bridgehead atoms. The van der Waals surface area contributed by atoms with Gasteiger partial charge in [-0.05, 0) is 30.2 Å². The number of carbonyl (C=O) groups is 2. The maximum atomic E-state index is 13.2. The summed E-state index contributed by atoms with van der Waals surface area (Å²) in [6.45, 7) is 2.75. The minimum atomic E-state index is -0.546. The molecule has 0 atom stereocenters. The van der Waals surface area contributed by atoms with Crippen molar-refractivity contribution in [2.45, 2.75) is 13.5 Å². The molecule has 2 N–H and O–H groups in total. The van der Waals surface area contributed by atoms with Crippen LogP contribution in [0.3, 0.4) is 0 Å². The van der Waals surface area contributed by atoms with Crippen LogP contribution in [0.2, 0.25) is 5.02 Å². The normalized spacial score (nSPS) is 15.2. The lowest BCUT2D eigenvalue weighted by molar-refractivity contribution is 0.0711. The summed E-state index contributed by atoms with van der Waals surface area (Å²) in [7, 11) is 0. The predicted molar refractivity (Wildman–Crippen MR) is 109 cm³/mol. The summed E-state index contributed by atoms with van der Waals surface area (Å²) in [5.74, 6) is -0.666. The first-order chi connectivity index (χ1) is 13.0. The average Bonchev–Trinajstić information content (AvgIpc) is 3.27. The van der Waals surface area contributed by atoms with Crippen LogP contribution in [0.1, 0.15) is 36.7 Å². The maximum Gasteiger partial charge on any atom is 0.284 e. The fourth-order valence-corrected chi connectivity index (χ4v) is 5.79.